The molecule has 1 aliphatic rings. The van der Waals surface area contributed by atoms with Gasteiger partial charge in [-0.15, -0.1) is 0 Å². The number of ether oxygens (including phenoxy) is 1. The predicted octanol–water partition coefficient (Wildman–Crippen LogP) is 2.76. The number of piperidine rings is 1. The molecule has 0 aromatic carbocycles. The average molecular weight is 383 g/mol. The highest BCUT2D eigenvalue weighted by Crippen LogP contribution is 2.31. The molecule has 0 aliphatic carbocycles. The van der Waals surface area contributed by atoms with Crippen molar-refractivity contribution in [2.24, 2.45) is 4.99 Å². The van der Waals surface area contributed by atoms with Crippen LogP contribution in [0.1, 0.15) is 25.5 Å². The van der Waals surface area contributed by atoms with Gasteiger partial charge in [-0.3, -0.25) is 4.79 Å². The zero-order chi connectivity index (χ0) is 17.0. The van der Waals surface area contributed by atoms with Gasteiger partial charge in [0, 0.05) is 47.0 Å². The summed E-state index contributed by atoms with van der Waals surface area (Å²) in [5, 5.41) is 0. The van der Waals surface area contributed by atoms with E-state index < -0.39 is 0 Å². The molecule has 1 aromatic heterocycles. The molecular formula is C16H23BrN4O2. The first-order valence-electron chi connectivity index (χ1n) is 7.66. The van der Waals surface area contributed by atoms with Gasteiger partial charge >= 0.3 is 0 Å². The molecule has 0 unspecified atom stereocenters. The SMILES string of the molecule is CC(=O)N1CCC(Oc2nc(C)c(N=CN(C)C)cc2Br)CC1. The minimum atomic E-state index is 0.0879. The van der Waals surface area contributed by atoms with Crippen LogP contribution in [0.2, 0.25) is 0 Å². The van der Waals surface area contributed by atoms with E-state index in [4.69, 9.17) is 4.74 Å². The Morgan fingerprint density at radius 1 is 1.48 bits per heavy atom. The number of amides is 1. The molecule has 0 radical (unpaired) electrons. The van der Waals surface area contributed by atoms with Crippen molar-refractivity contribution in [1.82, 2.24) is 14.8 Å². The Hall–Kier alpha value is -1.63. The number of pyridine rings is 1. The fourth-order valence-electron chi connectivity index (χ4n) is 2.39. The number of halogens is 1. The molecule has 1 amide bonds. The Labute approximate surface area is 145 Å². The van der Waals surface area contributed by atoms with Gasteiger partial charge in [0.1, 0.15) is 6.10 Å². The normalized spacial score (nSPS) is 16.0. The standard InChI is InChI=1S/C16H23BrN4O2/c1-11-15(18-10-20(3)4)9-14(17)16(19-11)23-13-5-7-21(8-6-13)12(2)22/h9-10,13H,5-8H2,1-4H3. The largest absolute Gasteiger partial charge is 0.473 e. The lowest BCUT2D eigenvalue weighted by Crippen LogP contribution is -2.40. The summed E-state index contributed by atoms with van der Waals surface area (Å²) in [6.45, 7) is 5.00. The number of carbonyl (C=O) groups excluding carboxylic acids is 1. The summed E-state index contributed by atoms with van der Waals surface area (Å²) in [6, 6.07) is 1.92. The van der Waals surface area contributed by atoms with Crippen LogP contribution in [0.25, 0.3) is 0 Å². The third-order valence-electron chi connectivity index (χ3n) is 3.70. The predicted molar refractivity (Wildman–Crippen MR) is 94.4 cm³/mol. The van der Waals surface area contributed by atoms with Crippen LogP contribution in [0.5, 0.6) is 5.88 Å². The molecule has 0 saturated carbocycles. The first-order chi connectivity index (χ1) is 10.9. The van der Waals surface area contributed by atoms with E-state index in [0.29, 0.717) is 5.88 Å². The first kappa shape index (κ1) is 17.7. The van der Waals surface area contributed by atoms with E-state index in [-0.39, 0.29) is 12.0 Å². The van der Waals surface area contributed by atoms with Crippen molar-refractivity contribution >= 4 is 33.9 Å². The van der Waals surface area contributed by atoms with E-state index in [1.807, 2.05) is 36.9 Å². The van der Waals surface area contributed by atoms with Gasteiger partial charge in [0.2, 0.25) is 11.8 Å². The molecule has 7 heteroatoms. The Morgan fingerprint density at radius 2 is 2.13 bits per heavy atom. The Balaban J connectivity index is 2.04. The van der Waals surface area contributed by atoms with Crippen LogP contribution in [-0.4, -0.2) is 60.3 Å². The van der Waals surface area contributed by atoms with Crippen LogP contribution in [-0.2, 0) is 4.79 Å². The highest BCUT2D eigenvalue weighted by atomic mass is 79.9. The van der Waals surface area contributed by atoms with Gasteiger partial charge in [-0.2, -0.15) is 0 Å². The van der Waals surface area contributed by atoms with Gasteiger partial charge < -0.3 is 14.5 Å². The average Bonchev–Trinajstić information content (AvgIpc) is 2.49. The quantitative estimate of drug-likeness (QED) is 0.593. The maximum absolute atomic E-state index is 11.4. The highest BCUT2D eigenvalue weighted by molar-refractivity contribution is 9.10. The molecule has 126 valence electrons. The molecule has 1 aliphatic heterocycles. The number of likely N-dealkylation sites (tertiary alicyclic amines) is 1. The van der Waals surface area contributed by atoms with Gasteiger partial charge in [0.25, 0.3) is 0 Å². The molecule has 1 saturated heterocycles. The molecule has 0 atom stereocenters. The topological polar surface area (TPSA) is 58.0 Å². The molecule has 1 fully saturated rings. The molecule has 2 heterocycles. The van der Waals surface area contributed by atoms with Crippen LogP contribution in [0.4, 0.5) is 5.69 Å². The van der Waals surface area contributed by atoms with Crippen LogP contribution in [0.15, 0.2) is 15.5 Å². The molecule has 0 bridgehead atoms. The fourth-order valence-corrected chi connectivity index (χ4v) is 2.79. The number of aliphatic imine (C=N–C) groups is 1. The third kappa shape index (κ3) is 4.92. The second-order valence-electron chi connectivity index (χ2n) is 5.91. The van der Waals surface area contributed by atoms with Gasteiger partial charge in [0.05, 0.1) is 22.2 Å². The van der Waals surface area contributed by atoms with Crippen molar-refractivity contribution in [2.45, 2.75) is 32.8 Å². The molecule has 0 N–H and O–H groups in total. The maximum Gasteiger partial charge on any atom is 0.228 e. The second kappa shape index (κ2) is 7.77. The summed E-state index contributed by atoms with van der Waals surface area (Å²) in [5.41, 5.74) is 1.63. The molecule has 2 rings (SSSR count). The first-order valence-corrected chi connectivity index (χ1v) is 8.46. The summed E-state index contributed by atoms with van der Waals surface area (Å²) in [4.78, 5) is 24.0. The Morgan fingerprint density at radius 3 is 2.70 bits per heavy atom. The van der Waals surface area contributed by atoms with Gasteiger partial charge in [0.15, 0.2) is 0 Å². The lowest BCUT2D eigenvalue weighted by Gasteiger charge is -2.31. The number of aromatic nitrogens is 1. The summed E-state index contributed by atoms with van der Waals surface area (Å²) in [5.74, 6) is 0.717. The van der Waals surface area contributed by atoms with Crippen molar-refractivity contribution < 1.29 is 9.53 Å². The fraction of sp³-hybridized carbons (Fsp3) is 0.562. The lowest BCUT2D eigenvalue weighted by atomic mass is 10.1. The van der Waals surface area contributed by atoms with Crippen molar-refractivity contribution in [3.63, 3.8) is 0 Å². The van der Waals surface area contributed by atoms with Gasteiger partial charge in [-0.1, -0.05) is 0 Å². The minimum Gasteiger partial charge on any atom is -0.473 e. The number of nitrogens with zero attached hydrogens (tertiary/aromatic N) is 4. The Kier molecular flexibility index (Phi) is 5.98. The van der Waals surface area contributed by atoms with E-state index in [9.17, 15) is 4.79 Å². The van der Waals surface area contributed by atoms with Crippen LogP contribution >= 0.6 is 15.9 Å². The van der Waals surface area contributed by atoms with Crippen molar-refractivity contribution in [2.75, 3.05) is 27.2 Å². The van der Waals surface area contributed by atoms with Crippen LogP contribution < -0.4 is 4.74 Å². The van der Waals surface area contributed by atoms with Crippen LogP contribution in [0.3, 0.4) is 0 Å². The summed E-state index contributed by atoms with van der Waals surface area (Å²) >= 11 is 3.51. The number of carbonyl (C=O) groups is 1. The zero-order valence-corrected chi connectivity index (χ0v) is 15.6. The van der Waals surface area contributed by atoms with Gasteiger partial charge in [-0.25, -0.2) is 9.98 Å². The second-order valence-corrected chi connectivity index (χ2v) is 6.77. The number of rotatable bonds is 4. The summed E-state index contributed by atoms with van der Waals surface area (Å²) in [6.07, 6.45) is 3.49. The molecule has 0 spiro atoms. The summed E-state index contributed by atoms with van der Waals surface area (Å²) in [7, 11) is 3.85. The zero-order valence-electron chi connectivity index (χ0n) is 14.0. The van der Waals surface area contributed by atoms with Gasteiger partial charge in [-0.05, 0) is 28.9 Å². The number of aryl methyl sites for hydroxylation is 1. The minimum absolute atomic E-state index is 0.0879. The number of hydrogen-bond donors (Lipinski definition) is 0. The van der Waals surface area contributed by atoms with Crippen molar-refractivity contribution in [3.05, 3.63) is 16.2 Å². The lowest BCUT2D eigenvalue weighted by molar-refractivity contribution is -0.130. The van der Waals surface area contributed by atoms with Crippen LogP contribution in [0, 0.1) is 6.92 Å². The summed E-state index contributed by atoms with van der Waals surface area (Å²) < 4.78 is 6.81. The van der Waals surface area contributed by atoms with E-state index in [1.54, 1.807) is 13.3 Å². The van der Waals surface area contributed by atoms with E-state index >= 15 is 0 Å². The van der Waals surface area contributed by atoms with E-state index in [0.717, 1.165) is 41.8 Å². The molecule has 6 nitrogen and oxygen atoms in total. The van der Waals surface area contributed by atoms with Crippen molar-refractivity contribution in [1.29, 1.82) is 0 Å². The Bertz CT molecular complexity index is 596. The molecule has 23 heavy (non-hydrogen) atoms. The molecule has 1 aromatic rings. The highest BCUT2D eigenvalue weighted by Gasteiger charge is 2.23. The number of hydrogen-bond acceptors (Lipinski definition) is 4. The van der Waals surface area contributed by atoms with Crippen molar-refractivity contribution in [3.8, 4) is 5.88 Å². The monoisotopic (exact) mass is 382 g/mol. The molecular weight excluding hydrogens is 360 g/mol. The maximum atomic E-state index is 11.4. The van der Waals surface area contributed by atoms with E-state index in [2.05, 4.69) is 25.9 Å². The van der Waals surface area contributed by atoms with E-state index in [1.165, 1.54) is 0 Å². The smallest absolute Gasteiger partial charge is 0.228 e. The third-order valence-corrected chi connectivity index (χ3v) is 4.27.